The largest absolute Gasteiger partial charge is 0.459 e. The van der Waals surface area contributed by atoms with Gasteiger partial charge in [0.1, 0.15) is 17.2 Å². The van der Waals surface area contributed by atoms with Crippen LogP contribution in [0.1, 0.15) is 35.3 Å². The Morgan fingerprint density at radius 3 is 2.97 bits per heavy atom. The molecule has 0 saturated heterocycles. The van der Waals surface area contributed by atoms with Gasteiger partial charge >= 0.3 is 0 Å². The molecule has 0 radical (unpaired) electrons. The number of para-hydroxylation sites is 1. The van der Waals surface area contributed by atoms with Gasteiger partial charge in [-0.15, -0.1) is 0 Å². The van der Waals surface area contributed by atoms with E-state index in [1.165, 1.54) is 6.08 Å². The van der Waals surface area contributed by atoms with E-state index in [1.54, 1.807) is 24.2 Å². The predicted molar refractivity (Wildman–Crippen MR) is 112 cm³/mol. The van der Waals surface area contributed by atoms with Gasteiger partial charge in [0.25, 0.3) is 0 Å². The summed E-state index contributed by atoms with van der Waals surface area (Å²) in [6.07, 6.45) is 7.05. The highest BCUT2D eigenvalue weighted by molar-refractivity contribution is 5.93. The summed E-state index contributed by atoms with van der Waals surface area (Å²) in [5.41, 5.74) is 3.72. The first kappa shape index (κ1) is 18.9. The molecule has 0 bridgehead atoms. The number of aromatic nitrogens is 1. The van der Waals surface area contributed by atoms with Crippen molar-refractivity contribution in [3.8, 4) is 0 Å². The lowest BCUT2D eigenvalue weighted by Gasteiger charge is -2.14. The third-order valence-electron chi connectivity index (χ3n) is 5.21. The summed E-state index contributed by atoms with van der Waals surface area (Å²) in [4.78, 5) is 30.1. The van der Waals surface area contributed by atoms with Gasteiger partial charge in [-0.1, -0.05) is 18.2 Å². The number of pyridine rings is 1. The van der Waals surface area contributed by atoms with Crippen molar-refractivity contribution in [2.24, 2.45) is 0 Å². The Kier molecular flexibility index (Phi) is 5.16. The van der Waals surface area contributed by atoms with E-state index < -0.39 is 0 Å². The maximum atomic E-state index is 12.6. The summed E-state index contributed by atoms with van der Waals surface area (Å²) in [6.45, 7) is 2.41. The Morgan fingerprint density at radius 2 is 2.14 bits per heavy atom. The molecule has 4 rings (SSSR count). The average molecular weight is 389 g/mol. The first-order valence-electron chi connectivity index (χ1n) is 9.70. The number of carbonyl (C=O) groups is 2. The van der Waals surface area contributed by atoms with Crippen molar-refractivity contribution >= 4 is 34.7 Å². The molecule has 0 fully saturated rings. The SMILES string of the molecule is Cc1c(CN(C)C(=O)C=Cc2cnc3c(c2)CCCC(=O)N3)oc2ccccc12. The molecule has 29 heavy (non-hydrogen) atoms. The van der Waals surface area contributed by atoms with E-state index in [-0.39, 0.29) is 11.8 Å². The van der Waals surface area contributed by atoms with E-state index in [0.717, 1.165) is 46.3 Å². The Morgan fingerprint density at radius 1 is 1.31 bits per heavy atom. The number of fused-ring (bicyclic) bond motifs is 2. The minimum Gasteiger partial charge on any atom is -0.459 e. The van der Waals surface area contributed by atoms with Crippen LogP contribution in [-0.2, 0) is 22.6 Å². The number of likely N-dealkylation sites (N-methyl/N-ethyl adjacent to an activating group) is 1. The third kappa shape index (κ3) is 4.06. The summed E-state index contributed by atoms with van der Waals surface area (Å²) in [5.74, 6) is 1.29. The predicted octanol–water partition coefficient (Wildman–Crippen LogP) is 4.08. The summed E-state index contributed by atoms with van der Waals surface area (Å²) >= 11 is 0. The number of nitrogens with one attached hydrogen (secondary N) is 1. The molecule has 1 aliphatic heterocycles. The van der Waals surface area contributed by atoms with E-state index in [0.29, 0.717) is 18.8 Å². The van der Waals surface area contributed by atoms with Crippen LogP contribution in [0.15, 0.2) is 47.0 Å². The van der Waals surface area contributed by atoms with E-state index in [1.807, 2.05) is 37.3 Å². The summed E-state index contributed by atoms with van der Waals surface area (Å²) in [7, 11) is 1.75. The molecule has 1 aliphatic rings. The molecule has 0 unspecified atom stereocenters. The number of amides is 2. The van der Waals surface area contributed by atoms with Crippen molar-refractivity contribution in [1.82, 2.24) is 9.88 Å². The molecule has 3 aromatic rings. The number of anilines is 1. The molecule has 148 valence electrons. The quantitative estimate of drug-likeness (QED) is 0.682. The van der Waals surface area contributed by atoms with Gasteiger partial charge in [0, 0.05) is 36.7 Å². The van der Waals surface area contributed by atoms with Gasteiger partial charge in [-0.2, -0.15) is 0 Å². The number of benzene rings is 1. The van der Waals surface area contributed by atoms with Crippen molar-refractivity contribution in [2.45, 2.75) is 32.7 Å². The highest BCUT2D eigenvalue weighted by Crippen LogP contribution is 2.26. The van der Waals surface area contributed by atoms with Crippen LogP contribution < -0.4 is 5.32 Å². The number of nitrogens with zero attached hydrogens (tertiary/aromatic N) is 2. The third-order valence-corrected chi connectivity index (χ3v) is 5.21. The molecule has 0 atom stereocenters. The Bertz CT molecular complexity index is 1110. The van der Waals surface area contributed by atoms with Crippen molar-refractivity contribution in [1.29, 1.82) is 0 Å². The van der Waals surface area contributed by atoms with Crippen LogP contribution in [0.3, 0.4) is 0 Å². The normalized spacial score (nSPS) is 13.9. The van der Waals surface area contributed by atoms with Crippen molar-refractivity contribution in [2.75, 3.05) is 12.4 Å². The minimum atomic E-state index is -0.117. The molecule has 6 heteroatoms. The Hall–Kier alpha value is -3.41. The number of rotatable bonds is 4. The van der Waals surface area contributed by atoms with E-state index in [4.69, 9.17) is 4.42 Å². The maximum Gasteiger partial charge on any atom is 0.246 e. The first-order valence-corrected chi connectivity index (χ1v) is 9.70. The molecular weight excluding hydrogens is 366 g/mol. The highest BCUT2D eigenvalue weighted by atomic mass is 16.3. The topological polar surface area (TPSA) is 75.4 Å². The zero-order valence-electron chi connectivity index (χ0n) is 16.6. The molecular formula is C23H23N3O3. The minimum absolute atomic E-state index is 0.00257. The van der Waals surface area contributed by atoms with Gasteiger partial charge in [0.05, 0.1) is 6.54 Å². The summed E-state index contributed by atoms with van der Waals surface area (Å²) in [6, 6.07) is 9.84. The molecule has 2 amide bonds. The fourth-order valence-corrected chi connectivity index (χ4v) is 3.52. The lowest BCUT2D eigenvalue weighted by molar-refractivity contribution is -0.125. The fourth-order valence-electron chi connectivity index (χ4n) is 3.52. The highest BCUT2D eigenvalue weighted by Gasteiger charge is 2.15. The van der Waals surface area contributed by atoms with E-state index in [2.05, 4.69) is 10.3 Å². The smallest absolute Gasteiger partial charge is 0.246 e. The van der Waals surface area contributed by atoms with Gasteiger partial charge in [-0.25, -0.2) is 4.98 Å². The summed E-state index contributed by atoms with van der Waals surface area (Å²) < 4.78 is 5.90. The zero-order valence-corrected chi connectivity index (χ0v) is 16.6. The van der Waals surface area contributed by atoms with Crippen LogP contribution in [0, 0.1) is 6.92 Å². The lowest BCUT2D eigenvalue weighted by atomic mass is 10.1. The van der Waals surface area contributed by atoms with Crippen molar-refractivity contribution < 1.29 is 14.0 Å². The second-order valence-corrected chi connectivity index (χ2v) is 7.35. The Labute approximate surface area is 169 Å². The van der Waals surface area contributed by atoms with Gasteiger partial charge in [-0.05, 0) is 49.1 Å². The second kappa shape index (κ2) is 7.91. The number of hydrogen-bond donors (Lipinski definition) is 1. The van der Waals surface area contributed by atoms with E-state index in [9.17, 15) is 9.59 Å². The van der Waals surface area contributed by atoms with Gasteiger partial charge < -0.3 is 14.6 Å². The zero-order chi connectivity index (χ0) is 20.4. The van der Waals surface area contributed by atoms with Gasteiger partial charge in [-0.3, -0.25) is 9.59 Å². The van der Waals surface area contributed by atoms with Gasteiger partial charge in [0.15, 0.2) is 0 Å². The standard InChI is InChI=1S/C23H23N3O3/c1-15-18-7-3-4-8-19(18)29-20(15)14-26(2)22(28)11-10-16-12-17-6-5-9-21(27)25-23(17)24-13-16/h3-4,7-8,10-13H,5-6,9,14H2,1-2H3,(H,24,25,27). The van der Waals surface area contributed by atoms with Crippen LogP contribution in [0.4, 0.5) is 5.82 Å². The van der Waals surface area contributed by atoms with E-state index >= 15 is 0 Å². The fraction of sp³-hybridized carbons (Fsp3) is 0.261. The number of carbonyl (C=O) groups excluding carboxylic acids is 2. The van der Waals surface area contributed by atoms with Crippen LogP contribution >= 0.6 is 0 Å². The second-order valence-electron chi connectivity index (χ2n) is 7.35. The maximum absolute atomic E-state index is 12.6. The molecule has 0 spiro atoms. The molecule has 1 aromatic carbocycles. The molecule has 1 N–H and O–H groups in total. The van der Waals surface area contributed by atoms with Crippen LogP contribution in [0.2, 0.25) is 0 Å². The molecule has 2 aromatic heterocycles. The number of furan rings is 1. The van der Waals surface area contributed by atoms with Crippen molar-refractivity contribution in [3.63, 3.8) is 0 Å². The van der Waals surface area contributed by atoms with Crippen LogP contribution in [-0.4, -0.2) is 28.7 Å². The van der Waals surface area contributed by atoms with Crippen LogP contribution in [0.5, 0.6) is 0 Å². The average Bonchev–Trinajstić information content (AvgIpc) is 2.90. The monoisotopic (exact) mass is 389 g/mol. The molecule has 6 nitrogen and oxygen atoms in total. The molecule has 3 heterocycles. The Balaban J connectivity index is 1.45. The lowest BCUT2D eigenvalue weighted by Crippen LogP contribution is -2.24. The first-order chi connectivity index (χ1) is 14.0. The summed E-state index contributed by atoms with van der Waals surface area (Å²) in [5, 5.41) is 3.89. The molecule has 0 aliphatic carbocycles. The molecule has 0 saturated carbocycles. The van der Waals surface area contributed by atoms with Crippen LogP contribution in [0.25, 0.3) is 17.0 Å². The number of aryl methyl sites for hydroxylation is 2. The van der Waals surface area contributed by atoms with Gasteiger partial charge in [0.2, 0.25) is 11.8 Å². The van der Waals surface area contributed by atoms with Crippen molar-refractivity contribution in [3.05, 3.63) is 65.1 Å². The number of hydrogen-bond acceptors (Lipinski definition) is 4.